The lowest BCUT2D eigenvalue weighted by Gasteiger charge is -2.37. The molecule has 5 unspecified atom stereocenters. The number of nitrogens with zero attached hydrogens (tertiary/aromatic N) is 2. The smallest absolute Gasteiger partial charge is 0.234 e. The Balaban J connectivity index is 1.73. The van der Waals surface area contributed by atoms with Gasteiger partial charge in [0.15, 0.2) is 0 Å². The molecule has 5 atom stereocenters. The zero-order chi connectivity index (χ0) is 34.2. The van der Waals surface area contributed by atoms with Crippen LogP contribution in [-0.2, 0) is 14.4 Å². The monoisotopic (exact) mass is 659 g/mol. The zero-order valence-corrected chi connectivity index (χ0v) is 30.0. The lowest BCUT2D eigenvalue weighted by Crippen LogP contribution is -2.54. The highest BCUT2D eigenvalue weighted by Crippen LogP contribution is 2.35. The van der Waals surface area contributed by atoms with Crippen molar-refractivity contribution in [2.45, 2.75) is 155 Å². The number of hydrogen-bond donors (Lipinski definition) is 4. The van der Waals surface area contributed by atoms with Crippen molar-refractivity contribution in [3.8, 4) is 11.8 Å². The highest BCUT2D eigenvalue weighted by atomic mass is 16.3. The van der Waals surface area contributed by atoms with E-state index in [1.165, 1.54) is 19.3 Å². The average Bonchev–Trinajstić information content (AvgIpc) is 3.05. The maximum Gasteiger partial charge on any atom is 0.234 e. The maximum absolute atomic E-state index is 14.0. The second-order valence-corrected chi connectivity index (χ2v) is 14.8. The Morgan fingerprint density at radius 2 is 1.47 bits per heavy atom. The third-order valence-corrected chi connectivity index (χ3v) is 10.7. The third-order valence-electron chi connectivity index (χ3n) is 10.7. The number of carbonyl (C=O) groups excluding carboxylic acids is 3. The van der Waals surface area contributed by atoms with Crippen molar-refractivity contribution in [3.05, 3.63) is 0 Å². The van der Waals surface area contributed by atoms with Crippen molar-refractivity contribution in [1.29, 1.82) is 0 Å². The minimum atomic E-state index is -0.885. The van der Waals surface area contributed by atoms with Crippen molar-refractivity contribution < 1.29 is 24.6 Å². The molecule has 3 saturated carbocycles. The van der Waals surface area contributed by atoms with E-state index in [0.717, 1.165) is 70.9 Å². The fourth-order valence-corrected chi connectivity index (χ4v) is 8.23. The maximum atomic E-state index is 14.0. The first-order valence-corrected chi connectivity index (χ1v) is 19.1. The number of hydrazine groups is 1. The van der Waals surface area contributed by atoms with Gasteiger partial charge in [-0.1, -0.05) is 40.0 Å². The van der Waals surface area contributed by atoms with Crippen LogP contribution in [0.4, 0.5) is 0 Å². The Hall–Kier alpha value is -2.15. The molecular weight excluding hydrogens is 592 g/mol. The van der Waals surface area contributed by atoms with Gasteiger partial charge in [0.2, 0.25) is 17.7 Å². The van der Waals surface area contributed by atoms with E-state index in [1.54, 1.807) is 0 Å². The molecule has 3 aliphatic carbocycles. The van der Waals surface area contributed by atoms with Gasteiger partial charge in [-0.2, -0.15) is 0 Å². The van der Waals surface area contributed by atoms with Crippen molar-refractivity contribution in [3.63, 3.8) is 0 Å². The predicted octanol–water partition coefficient (Wildman–Crippen LogP) is 5.19. The summed E-state index contributed by atoms with van der Waals surface area (Å²) in [6.07, 6.45) is 13.4. The first-order valence-electron chi connectivity index (χ1n) is 19.1. The number of carbonyl (C=O) groups is 3. The first kappa shape index (κ1) is 39.3. The molecule has 3 fully saturated rings. The van der Waals surface area contributed by atoms with E-state index in [4.69, 9.17) is 0 Å². The SMILES string of the molecule is CC#CC1CC(C(=O)NC(CC2CCC(O)CC2)C(O)CN(CCC)NC(=O)CC2CCCCC2)CC(C(=O)N(CCC)CCC)C1. The second-order valence-electron chi connectivity index (χ2n) is 14.8. The van der Waals surface area contributed by atoms with E-state index in [9.17, 15) is 24.6 Å². The van der Waals surface area contributed by atoms with Gasteiger partial charge in [-0.15, -0.1) is 11.8 Å². The molecular formula is C38H66N4O5. The fraction of sp³-hybridized carbons (Fsp3) is 0.868. The molecule has 3 amide bonds. The van der Waals surface area contributed by atoms with Gasteiger partial charge in [0.25, 0.3) is 0 Å². The molecule has 47 heavy (non-hydrogen) atoms. The van der Waals surface area contributed by atoms with Crippen LogP contribution >= 0.6 is 0 Å². The molecule has 9 nitrogen and oxygen atoms in total. The van der Waals surface area contributed by atoms with Crippen molar-refractivity contribution in [2.24, 2.45) is 29.6 Å². The summed E-state index contributed by atoms with van der Waals surface area (Å²) in [6, 6.07) is -0.499. The van der Waals surface area contributed by atoms with Gasteiger partial charge < -0.3 is 20.4 Å². The summed E-state index contributed by atoms with van der Waals surface area (Å²) in [5.74, 6) is 6.38. The van der Waals surface area contributed by atoms with Crippen LogP contribution in [0.15, 0.2) is 0 Å². The molecule has 268 valence electrons. The number of aliphatic hydroxyl groups excluding tert-OH is 2. The molecule has 0 aromatic carbocycles. The van der Waals surface area contributed by atoms with E-state index >= 15 is 0 Å². The highest BCUT2D eigenvalue weighted by Gasteiger charge is 2.39. The van der Waals surface area contributed by atoms with Gasteiger partial charge in [-0.25, -0.2) is 5.01 Å². The molecule has 0 aromatic rings. The van der Waals surface area contributed by atoms with E-state index in [1.807, 2.05) is 16.8 Å². The summed E-state index contributed by atoms with van der Waals surface area (Å²) in [5.41, 5.74) is 3.08. The van der Waals surface area contributed by atoms with Crippen molar-refractivity contribution in [2.75, 3.05) is 26.2 Å². The molecule has 0 spiro atoms. The Morgan fingerprint density at radius 3 is 2.09 bits per heavy atom. The normalized spacial score (nSPS) is 26.5. The summed E-state index contributed by atoms with van der Waals surface area (Å²) in [6.45, 7) is 10.3. The van der Waals surface area contributed by atoms with Crippen LogP contribution in [0.1, 0.15) is 137 Å². The average molecular weight is 659 g/mol. The van der Waals surface area contributed by atoms with Crippen molar-refractivity contribution in [1.82, 2.24) is 20.7 Å². The van der Waals surface area contributed by atoms with Crippen LogP contribution in [0, 0.1) is 41.4 Å². The Bertz CT molecular complexity index is 1010. The quantitative estimate of drug-likeness (QED) is 0.126. The van der Waals surface area contributed by atoms with Gasteiger partial charge in [-0.05, 0) is 102 Å². The molecule has 3 rings (SSSR count). The second kappa shape index (κ2) is 21.0. The summed E-state index contributed by atoms with van der Waals surface area (Å²) < 4.78 is 0. The number of nitrogens with one attached hydrogen (secondary N) is 2. The number of amides is 3. The Morgan fingerprint density at radius 1 is 0.830 bits per heavy atom. The first-order chi connectivity index (χ1) is 22.7. The standard InChI is InChI=1S/C38H66N4O5/c1-5-12-30-22-31(26-32(23-30)38(47)41(19-6-2)20-7-3)37(46)39-34(24-29-15-17-33(43)18-16-29)35(44)27-42(21-8-4)40-36(45)25-28-13-10-9-11-14-28/h28-35,43-44H,6-11,13-27H2,1-4H3,(H,39,46)(H,40,45). The minimum Gasteiger partial charge on any atom is -0.393 e. The van der Waals surface area contributed by atoms with Gasteiger partial charge in [0.1, 0.15) is 0 Å². The van der Waals surface area contributed by atoms with Crippen LogP contribution in [-0.4, -0.2) is 82.3 Å². The molecule has 0 aliphatic heterocycles. The van der Waals surface area contributed by atoms with E-state index in [0.29, 0.717) is 44.6 Å². The Kier molecular flexibility index (Phi) is 17.6. The van der Waals surface area contributed by atoms with Gasteiger partial charge >= 0.3 is 0 Å². The number of rotatable bonds is 17. The number of hydrogen-bond acceptors (Lipinski definition) is 6. The van der Waals surface area contributed by atoms with Crippen LogP contribution in [0.2, 0.25) is 0 Å². The van der Waals surface area contributed by atoms with Crippen molar-refractivity contribution >= 4 is 17.7 Å². The lowest BCUT2D eigenvalue weighted by molar-refractivity contribution is -0.139. The van der Waals surface area contributed by atoms with Gasteiger partial charge in [0.05, 0.1) is 18.2 Å². The van der Waals surface area contributed by atoms with Gasteiger partial charge in [0, 0.05) is 50.4 Å². The van der Waals surface area contributed by atoms with Gasteiger partial charge in [-0.3, -0.25) is 19.8 Å². The molecule has 0 aromatic heterocycles. The molecule has 4 N–H and O–H groups in total. The van der Waals surface area contributed by atoms with Crippen LogP contribution in [0.3, 0.4) is 0 Å². The highest BCUT2D eigenvalue weighted by molar-refractivity contribution is 5.83. The minimum absolute atomic E-state index is 0.000540. The Labute approximate surface area is 285 Å². The molecule has 0 radical (unpaired) electrons. The topological polar surface area (TPSA) is 122 Å². The largest absolute Gasteiger partial charge is 0.393 e. The zero-order valence-electron chi connectivity index (χ0n) is 30.0. The van der Waals surface area contributed by atoms with E-state index in [2.05, 4.69) is 43.4 Å². The third kappa shape index (κ3) is 13.3. The fourth-order valence-electron chi connectivity index (χ4n) is 8.23. The molecule has 0 bridgehead atoms. The molecule has 9 heteroatoms. The van der Waals surface area contributed by atoms with Crippen LogP contribution in [0.25, 0.3) is 0 Å². The molecule has 3 aliphatic rings. The van der Waals surface area contributed by atoms with E-state index < -0.39 is 12.1 Å². The van der Waals surface area contributed by atoms with Crippen LogP contribution < -0.4 is 10.7 Å². The summed E-state index contributed by atoms with van der Waals surface area (Å²) in [7, 11) is 0. The van der Waals surface area contributed by atoms with E-state index in [-0.39, 0.29) is 54.0 Å². The summed E-state index contributed by atoms with van der Waals surface area (Å²) >= 11 is 0. The molecule has 0 saturated heterocycles. The summed E-state index contributed by atoms with van der Waals surface area (Å²) in [5, 5.41) is 26.9. The molecule has 0 heterocycles. The van der Waals surface area contributed by atoms with Crippen LogP contribution in [0.5, 0.6) is 0 Å². The predicted molar refractivity (Wildman–Crippen MR) is 187 cm³/mol. The number of aliphatic hydroxyl groups is 2. The lowest BCUT2D eigenvalue weighted by atomic mass is 9.74. The summed E-state index contributed by atoms with van der Waals surface area (Å²) in [4.78, 5) is 42.7.